The number of nitrogens with one attached hydrogen (secondary N) is 1. The van der Waals surface area contributed by atoms with E-state index in [4.69, 9.17) is 4.74 Å². The van der Waals surface area contributed by atoms with E-state index in [1.165, 1.54) is 42.9 Å². The highest BCUT2D eigenvalue weighted by atomic mass is 16.5. The SMILES string of the molecule is COC(C)(C)CCNc1ccc(N2CCCC2)cc1C. The monoisotopic (exact) mass is 276 g/mol. The normalized spacial score (nSPS) is 15.7. The molecule has 1 saturated heterocycles. The minimum Gasteiger partial charge on any atom is -0.385 e. The number of ether oxygens (including phenoxy) is 1. The van der Waals surface area contributed by atoms with Gasteiger partial charge in [-0.15, -0.1) is 0 Å². The molecule has 0 aliphatic carbocycles. The van der Waals surface area contributed by atoms with Gasteiger partial charge in [0.05, 0.1) is 5.60 Å². The maximum Gasteiger partial charge on any atom is 0.0639 e. The summed E-state index contributed by atoms with van der Waals surface area (Å²) in [5.41, 5.74) is 3.86. The van der Waals surface area contributed by atoms with Gasteiger partial charge < -0.3 is 15.0 Å². The number of hydrogen-bond acceptors (Lipinski definition) is 3. The quantitative estimate of drug-likeness (QED) is 0.855. The third-order valence-electron chi connectivity index (χ3n) is 4.28. The lowest BCUT2D eigenvalue weighted by Gasteiger charge is -2.24. The summed E-state index contributed by atoms with van der Waals surface area (Å²) in [5.74, 6) is 0. The van der Waals surface area contributed by atoms with Crippen molar-refractivity contribution >= 4 is 11.4 Å². The van der Waals surface area contributed by atoms with E-state index in [9.17, 15) is 0 Å². The van der Waals surface area contributed by atoms with Crippen LogP contribution in [0.15, 0.2) is 18.2 Å². The second-order valence-corrected chi connectivity index (χ2v) is 6.33. The number of hydrogen-bond donors (Lipinski definition) is 1. The second kappa shape index (κ2) is 6.49. The molecule has 0 aromatic heterocycles. The van der Waals surface area contributed by atoms with Gasteiger partial charge >= 0.3 is 0 Å². The van der Waals surface area contributed by atoms with E-state index in [2.05, 4.69) is 49.2 Å². The van der Waals surface area contributed by atoms with Crippen LogP contribution >= 0.6 is 0 Å². The first-order chi connectivity index (χ1) is 9.52. The summed E-state index contributed by atoms with van der Waals surface area (Å²) in [6.45, 7) is 9.77. The van der Waals surface area contributed by atoms with Crippen molar-refractivity contribution in [3.63, 3.8) is 0 Å². The first-order valence-electron chi connectivity index (χ1n) is 7.66. The lowest BCUT2D eigenvalue weighted by molar-refractivity contribution is 0.0185. The van der Waals surface area contributed by atoms with E-state index in [0.29, 0.717) is 0 Å². The molecule has 3 heteroatoms. The van der Waals surface area contributed by atoms with Gasteiger partial charge in [0.15, 0.2) is 0 Å². The molecule has 2 rings (SSSR count). The first-order valence-corrected chi connectivity index (χ1v) is 7.66. The molecule has 0 amide bonds. The molecule has 1 fully saturated rings. The first kappa shape index (κ1) is 15.2. The second-order valence-electron chi connectivity index (χ2n) is 6.33. The van der Waals surface area contributed by atoms with Crippen molar-refractivity contribution in [3.05, 3.63) is 23.8 Å². The van der Waals surface area contributed by atoms with Crippen LogP contribution < -0.4 is 10.2 Å². The maximum absolute atomic E-state index is 5.45. The van der Waals surface area contributed by atoms with Crippen LogP contribution in [0.4, 0.5) is 11.4 Å². The molecule has 1 heterocycles. The Bertz CT molecular complexity index is 437. The summed E-state index contributed by atoms with van der Waals surface area (Å²) in [7, 11) is 1.77. The van der Waals surface area contributed by atoms with E-state index < -0.39 is 0 Å². The van der Waals surface area contributed by atoms with Gasteiger partial charge in [-0.25, -0.2) is 0 Å². The number of anilines is 2. The molecule has 1 aromatic rings. The zero-order chi connectivity index (χ0) is 14.6. The Labute approximate surface area is 123 Å². The van der Waals surface area contributed by atoms with Crippen LogP contribution in [-0.2, 0) is 4.74 Å². The summed E-state index contributed by atoms with van der Waals surface area (Å²) in [4.78, 5) is 2.48. The van der Waals surface area contributed by atoms with Crippen molar-refractivity contribution in [2.45, 2.75) is 45.6 Å². The van der Waals surface area contributed by atoms with Gasteiger partial charge in [-0.2, -0.15) is 0 Å². The van der Waals surface area contributed by atoms with Crippen molar-refractivity contribution < 1.29 is 4.74 Å². The molecule has 0 unspecified atom stereocenters. The minimum atomic E-state index is -0.0591. The minimum absolute atomic E-state index is 0.0591. The number of nitrogens with zero attached hydrogens (tertiary/aromatic N) is 1. The topological polar surface area (TPSA) is 24.5 Å². The molecule has 1 aliphatic rings. The van der Waals surface area contributed by atoms with Gasteiger partial charge in [0.1, 0.15) is 0 Å². The van der Waals surface area contributed by atoms with Crippen LogP contribution in [0, 0.1) is 6.92 Å². The van der Waals surface area contributed by atoms with Gasteiger partial charge in [0.25, 0.3) is 0 Å². The summed E-state index contributed by atoms with van der Waals surface area (Å²) < 4.78 is 5.45. The fraction of sp³-hybridized carbons (Fsp3) is 0.647. The molecule has 0 saturated carbocycles. The van der Waals surface area contributed by atoms with E-state index in [1.807, 2.05) is 0 Å². The molecule has 112 valence electrons. The third-order valence-corrected chi connectivity index (χ3v) is 4.28. The average Bonchev–Trinajstić information content (AvgIpc) is 2.94. The molecule has 0 bridgehead atoms. The van der Waals surface area contributed by atoms with Crippen molar-refractivity contribution in [2.24, 2.45) is 0 Å². The van der Waals surface area contributed by atoms with E-state index in [-0.39, 0.29) is 5.60 Å². The zero-order valence-electron chi connectivity index (χ0n) is 13.3. The highest BCUT2D eigenvalue weighted by Crippen LogP contribution is 2.25. The van der Waals surface area contributed by atoms with Crippen LogP contribution in [-0.4, -0.2) is 32.3 Å². The molecule has 1 N–H and O–H groups in total. The number of methoxy groups -OCH3 is 1. The van der Waals surface area contributed by atoms with E-state index in [0.717, 1.165) is 13.0 Å². The number of rotatable bonds is 6. The van der Waals surface area contributed by atoms with Gasteiger partial charge in [0, 0.05) is 38.1 Å². The Hall–Kier alpha value is -1.22. The van der Waals surface area contributed by atoms with Gasteiger partial charge in [0.2, 0.25) is 0 Å². The Kier molecular flexibility index (Phi) is 4.92. The molecule has 20 heavy (non-hydrogen) atoms. The average molecular weight is 276 g/mol. The fourth-order valence-corrected chi connectivity index (χ4v) is 2.62. The van der Waals surface area contributed by atoms with Crippen molar-refractivity contribution in [2.75, 3.05) is 37.0 Å². The van der Waals surface area contributed by atoms with Crippen molar-refractivity contribution in [1.29, 1.82) is 0 Å². The Morgan fingerprint density at radius 2 is 1.95 bits per heavy atom. The Balaban J connectivity index is 1.92. The van der Waals surface area contributed by atoms with Gasteiger partial charge in [-0.1, -0.05) is 0 Å². The van der Waals surface area contributed by atoms with E-state index in [1.54, 1.807) is 7.11 Å². The zero-order valence-corrected chi connectivity index (χ0v) is 13.3. The molecule has 0 atom stereocenters. The lowest BCUT2D eigenvalue weighted by atomic mass is 10.1. The third kappa shape index (κ3) is 3.89. The largest absolute Gasteiger partial charge is 0.385 e. The molecule has 1 aliphatic heterocycles. The molecular formula is C17H28N2O. The highest BCUT2D eigenvalue weighted by molar-refractivity contribution is 5.60. The number of benzene rings is 1. The molecule has 3 nitrogen and oxygen atoms in total. The van der Waals surface area contributed by atoms with Crippen LogP contribution in [0.1, 0.15) is 38.7 Å². The Morgan fingerprint density at radius 3 is 2.55 bits per heavy atom. The van der Waals surface area contributed by atoms with Crippen molar-refractivity contribution in [3.8, 4) is 0 Å². The summed E-state index contributed by atoms with van der Waals surface area (Å²) in [6, 6.07) is 6.75. The van der Waals surface area contributed by atoms with Gasteiger partial charge in [-0.05, 0) is 63.8 Å². The predicted molar refractivity (Wildman–Crippen MR) is 86.8 cm³/mol. The number of aryl methyl sites for hydroxylation is 1. The highest BCUT2D eigenvalue weighted by Gasteiger charge is 2.16. The smallest absolute Gasteiger partial charge is 0.0639 e. The summed E-state index contributed by atoms with van der Waals surface area (Å²) in [6.07, 6.45) is 3.65. The molecule has 0 spiro atoms. The van der Waals surface area contributed by atoms with E-state index >= 15 is 0 Å². The summed E-state index contributed by atoms with van der Waals surface area (Å²) >= 11 is 0. The predicted octanol–water partition coefficient (Wildman–Crippen LogP) is 3.82. The molecular weight excluding hydrogens is 248 g/mol. The van der Waals surface area contributed by atoms with Crippen LogP contribution in [0.3, 0.4) is 0 Å². The van der Waals surface area contributed by atoms with Crippen LogP contribution in [0.5, 0.6) is 0 Å². The fourth-order valence-electron chi connectivity index (χ4n) is 2.62. The van der Waals surface area contributed by atoms with Crippen LogP contribution in [0.25, 0.3) is 0 Å². The molecule has 0 radical (unpaired) electrons. The van der Waals surface area contributed by atoms with Crippen molar-refractivity contribution in [1.82, 2.24) is 0 Å². The van der Waals surface area contributed by atoms with Crippen LogP contribution in [0.2, 0.25) is 0 Å². The van der Waals surface area contributed by atoms with Gasteiger partial charge in [-0.3, -0.25) is 0 Å². The Morgan fingerprint density at radius 1 is 1.25 bits per heavy atom. The molecule has 1 aromatic carbocycles. The summed E-state index contributed by atoms with van der Waals surface area (Å²) in [5, 5.41) is 3.52. The lowest BCUT2D eigenvalue weighted by Crippen LogP contribution is -2.25. The maximum atomic E-state index is 5.45. The standard InChI is InChI=1S/C17H28N2O/c1-14-13-15(19-11-5-6-12-19)7-8-16(14)18-10-9-17(2,3)20-4/h7-8,13,18H,5-6,9-12H2,1-4H3.